The molecule has 2 aromatic rings. The molecule has 0 spiro atoms. The Bertz CT molecular complexity index is 663. The molecule has 1 amide bonds. The van der Waals surface area contributed by atoms with Crippen LogP contribution in [0.25, 0.3) is 0 Å². The van der Waals surface area contributed by atoms with Crippen molar-refractivity contribution < 1.29 is 14.1 Å². The Morgan fingerprint density at radius 2 is 2.22 bits per heavy atom. The fourth-order valence-electron chi connectivity index (χ4n) is 2.50. The van der Waals surface area contributed by atoms with Gasteiger partial charge in [-0.3, -0.25) is 9.69 Å². The second-order valence-electron chi connectivity index (χ2n) is 5.34. The molecule has 0 bridgehead atoms. The molecule has 0 unspecified atom stereocenters. The molecule has 0 atom stereocenters. The second-order valence-corrected chi connectivity index (χ2v) is 5.77. The van der Waals surface area contributed by atoms with Crippen LogP contribution in [0.3, 0.4) is 0 Å². The number of nitrogens with zero attached hydrogens (tertiary/aromatic N) is 4. The Morgan fingerprint density at radius 3 is 2.87 bits per heavy atom. The van der Waals surface area contributed by atoms with E-state index in [9.17, 15) is 4.79 Å². The fraction of sp³-hybridized carbons (Fsp3) is 0.500. The number of methoxy groups -OCH3 is 1. The SMILES string of the molecule is COCc1noc(CN2CCN(C(=O)c3cc(Cl)c[nH]3)CC2)n1. The smallest absolute Gasteiger partial charge is 0.270 e. The van der Waals surface area contributed by atoms with E-state index >= 15 is 0 Å². The Morgan fingerprint density at radius 1 is 1.43 bits per heavy atom. The zero-order valence-corrected chi connectivity index (χ0v) is 13.5. The van der Waals surface area contributed by atoms with Gasteiger partial charge in [-0.05, 0) is 6.07 Å². The zero-order chi connectivity index (χ0) is 16.2. The molecular formula is C14H18ClN5O3. The van der Waals surface area contributed by atoms with E-state index in [-0.39, 0.29) is 5.91 Å². The first kappa shape index (κ1) is 16.0. The normalized spacial score (nSPS) is 16.0. The maximum absolute atomic E-state index is 12.3. The van der Waals surface area contributed by atoms with Crippen LogP contribution in [0.5, 0.6) is 0 Å². The van der Waals surface area contributed by atoms with Crippen molar-refractivity contribution in [2.24, 2.45) is 0 Å². The van der Waals surface area contributed by atoms with Gasteiger partial charge in [0.15, 0.2) is 5.82 Å². The number of ether oxygens (including phenoxy) is 1. The van der Waals surface area contributed by atoms with Crippen LogP contribution in [0.15, 0.2) is 16.8 Å². The first-order valence-corrected chi connectivity index (χ1v) is 7.69. The molecule has 124 valence electrons. The van der Waals surface area contributed by atoms with Gasteiger partial charge in [-0.1, -0.05) is 16.8 Å². The highest BCUT2D eigenvalue weighted by atomic mass is 35.5. The minimum atomic E-state index is -0.0308. The summed E-state index contributed by atoms with van der Waals surface area (Å²) in [6.45, 7) is 3.71. The van der Waals surface area contributed by atoms with E-state index in [1.165, 1.54) is 0 Å². The van der Waals surface area contributed by atoms with Crippen LogP contribution in [0, 0.1) is 0 Å². The van der Waals surface area contributed by atoms with Crippen molar-refractivity contribution in [3.8, 4) is 0 Å². The van der Waals surface area contributed by atoms with Crippen LogP contribution in [-0.4, -0.2) is 64.1 Å². The summed E-state index contributed by atoms with van der Waals surface area (Å²) < 4.78 is 10.1. The Balaban J connectivity index is 1.50. The average Bonchev–Trinajstić information content (AvgIpc) is 3.17. The van der Waals surface area contributed by atoms with Gasteiger partial charge in [-0.2, -0.15) is 4.98 Å². The predicted octanol–water partition coefficient (Wildman–Crippen LogP) is 1.16. The van der Waals surface area contributed by atoms with E-state index < -0.39 is 0 Å². The van der Waals surface area contributed by atoms with Crippen LogP contribution in [0.4, 0.5) is 0 Å². The van der Waals surface area contributed by atoms with Crippen LogP contribution >= 0.6 is 11.6 Å². The summed E-state index contributed by atoms with van der Waals surface area (Å²) in [5.41, 5.74) is 0.518. The first-order chi connectivity index (χ1) is 11.2. The molecule has 0 aromatic carbocycles. The summed E-state index contributed by atoms with van der Waals surface area (Å²) in [6, 6.07) is 1.64. The van der Waals surface area contributed by atoms with Crippen LogP contribution in [-0.2, 0) is 17.9 Å². The number of amides is 1. The van der Waals surface area contributed by atoms with Crippen molar-refractivity contribution in [1.82, 2.24) is 24.9 Å². The predicted molar refractivity (Wildman–Crippen MR) is 82.0 cm³/mol. The number of aromatic nitrogens is 3. The van der Waals surface area contributed by atoms with E-state index in [4.69, 9.17) is 20.9 Å². The molecule has 1 aliphatic rings. The number of carbonyl (C=O) groups excluding carboxylic acids is 1. The molecule has 2 aromatic heterocycles. The number of carbonyl (C=O) groups is 1. The molecule has 3 heterocycles. The van der Waals surface area contributed by atoms with Gasteiger partial charge < -0.3 is 19.1 Å². The van der Waals surface area contributed by atoms with Crippen molar-refractivity contribution in [2.75, 3.05) is 33.3 Å². The lowest BCUT2D eigenvalue weighted by Gasteiger charge is -2.33. The maximum atomic E-state index is 12.3. The van der Waals surface area contributed by atoms with E-state index in [1.807, 2.05) is 4.90 Å². The van der Waals surface area contributed by atoms with Gasteiger partial charge in [-0.15, -0.1) is 0 Å². The van der Waals surface area contributed by atoms with Gasteiger partial charge in [0, 0.05) is 39.5 Å². The third-order valence-electron chi connectivity index (χ3n) is 3.68. The van der Waals surface area contributed by atoms with Crippen molar-refractivity contribution in [3.05, 3.63) is 34.7 Å². The lowest BCUT2D eigenvalue weighted by molar-refractivity contribution is 0.0610. The molecule has 1 saturated heterocycles. The van der Waals surface area contributed by atoms with E-state index in [1.54, 1.807) is 19.4 Å². The van der Waals surface area contributed by atoms with Gasteiger partial charge >= 0.3 is 0 Å². The van der Waals surface area contributed by atoms with Crippen LogP contribution in [0.1, 0.15) is 22.2 Å². The number of nitrogens with one attached hydrogen (secondary N) is 1. The molecule has 9 heteroatoms. The number of halogens is 1. The molecule has 0 aliphatic carbocycles. The molecule has 23 heavy (non-hydrogen) atoms. The summed E-state index contributed by atoms with van der Waals surface area (Å²) in [7, 11) is 1.59. The highest BCUT2D eigenvalue weighted by Gasteiger charge is 2.24. The quantitative estimate of drug-likeness (QED) is 0.879. The summed E-state index contributed by atoms with van der Waals surface area (Å²) in [5.74, 6) is 1.07. The summed E-state index contributed by atoms with van der Waals surface area (Å²) in [4.78, 5) is 23.4. The summed E-state index contributed by atoms with van der Waals surface area (Å²) >= 11 is 5.84. The van der Waals surface area contributed by atoms with Gasteiger partial charge in [0.05, 0.1) is 11.6 Å². The van der Waals surface area contributed by atoms with E-state index in [2.05, 4.69) is 20.0 Å². The molecular weight excluding hydrogens is 322 g/mol. The lowest BCUT2D eigenvalue weighted by Crippen LogP contribution is -2.48. The third-order valence-corrected chi connectivity index (χ3v) is 3.90. The van der Waals surface area contributed by atoms with E-state index in [0.717, 1.165) is 13.1 Å². The Kier molecular flexibility index (Phi) is 4.94. The first-order valence-electron chi connectivity index (χ1n) is 7.31. The zero-order valence-electron chi connectivity index (χ0n) is 12.8. The molecule has 1 fully saturated rings. The second kappa shape index (κ2) is 7.12. The average molecular weight is 340 g/mol. The van der Waals surface area contributed by atoms with Crippen LogP contribution < -0.4 is 0 Å². The minimum Gasteiger partial charge on any atom is -0.377 e. The highest BCUT2D eigenvalue weighted by molar-refractivity contribution is 6.30. The Labute approximate surface area is 138 Å². The van der Waals surface area contributed by atoms with Crippen molar-refractivity contribution in [2.45, 2.75) is 13.2 Å². The topological polar surface area (TPSA) is 87.5 Å². The molecule has 1 aliphatic heterocycles. The summed E-state index contributed by atoms with van der Waals surface area (Å²) in [5, 5.41) is 4.37. The summed E-state index contributed by atoms with van der Waals surface area (Å²) in [6.07, 6.45) is 1.61. The number of H-pyrrole nitrogens is 1. The number of piperazine rings is 1. The lowest BCUT2D eigenvalue weighted by atomic mass is 10.2. The highest BCUT2D eigenvalue weighted by Crippen LogP contribution is 2.14. The van der Waals surface area contributed by atoms with Gasteiger partial charge in [-0.25, -0.2) is 0 Å². The van der Waals surface area contributed by atoms with Crippen LogP contribution in [0.2, 0.25) is 5.02 Å². The number of hydrogen-bond donors (Lipinski definition) is 1. The number of hydrogen-bond acceptors (Lipinski definition) is 6. The third kappa shape index (κ3) is 3.90. The van der Waals surface area contributed by atoms with E-state index in [0.29, 0.717) is 48.7 Å². The van der Waals surface area contributed by atoms with Gasteiger partial charge in [0.2, 0.25) is 5.89 Å². The van der Waals surface area contributed by atoms with Gasteiger partial charge in [0.25, 0.3) is 5.91 Å². The maximum Gasteiger partial charge on any atom is 0.270 e. The molecule has 8 nitrogen and oxygen atoms in total. The fourth-order valence-corrected chi connectivity index (χ4v) is 2.67. The molecule has 3 rings (SSSR count). The van der Waals surface area contributed by atoms with Crippen molar-refractivity contribution in [3.63, 3.8) is 0 Å². The molecule has 0 saturated carbocycles. The molecule has 1 N–H and O–H groups in total. The monoisotopic (exact) mass is 339 g/mol. The largest absolute Gasteiger partial charge is 0.377 e. The number of aromatic amines is 1. The van der Waals surface area contributed by atoms with Gasteiger partial charge in [0.1, 0.15) is 12.3 Å². The Hall–Kier alpha value is -1.90. The molecule has 0 radical (unpaired) electrons. The number of rotatable bonds is 5. The van der Waals surface area contributed by atoms with Crippen molar-refractivity contribution in [1.29, 1.82) is 0 Å². The van der Waals surface area contributed by atoms with Crippen molar-refractivity contribution >= 4 is 17.5 Å². The standard InChI is InChI=1S/C14H18ClN5O3/c1-22-9-12-17-13(23-18-12)8-19-2-4-20(5-3-19)14(21)11-6-10(15)7-16-11/h6-7,16H,2-5,8-9H2,1H3. The minimum absolute atomic E-state index is 0.0308.